The lowest BCUT2D eigenvalue weighted by Gasteiger charge is -2.35. The Hall–Kier alpha value is -1.55. The fraction of sp³-hybridized carbons (Fsp3) is 0.467. The van der Waals surface area contributed by atoms with Gasteiger partial charge in [-0.1, -0.05) is 12.1 Å². The predicted molar refractivity (Wildman–Crippen MR) is 80.4 cm³/mol. The molecule has 20 heavy (non-hydrogen) atoms. The number of halogens is 1. The summed E-state index contributed by atoms with van der Waals surface area (Å²) in [5.41, 5.74) is 1.76. The molecule has 106 valence electrons. The molecule has 1 unspecified atom stereocenters. The molecule has 1 aliphatic heterocycles. The maximum Gasteiger partial charge on any atom is 0.330 e. The minimum absolute atomic E-state index is 0.0227. The number of aromatic nitrogens is 2. The Kier molecular flexibility index (Phi) is 3.42. The second-order valence-corrected chi connectivity index (χ2v) is 5.88. The molecule has 4 nitrogen and oxygen atoms in total. The molecule has 5 heteroatoms. The number of benzene rings is 1. The number of nitrogens with zero attached hydrogens (tertiary/aromatic N) is 3. The molecule has 2 heterocycles. The van der Waals surface area contributed by atoms with E-state index in [1.165, 1.54) is 0 Å². The lowest BCUT2D eigenvalue weighted by molar-refractivity contribution is 0.168. The van der Waals surface area contributed by atoms with Crippen LogP contribution in [0.3, 0.4) is 0 Å². The average Bonchev–Trinajstić information content (AvgIpc) is 2.81. The molecule has 0 saturated heterocycles. The van der Waals surface area contributed by atoms with Gasteiger partial charge in [-0.3, -0.25) is 0 Å². The summed E-state index contributed by atoms with van der Waals surface area (Å²) < 4.78 is 1.76. The van der Waals surface area contributed by atoms with Gasteiger partial charge in [-0.25, -0.2) is 14.3 Å². The van der Waals surface area contributed by atoms with Gasteiger partial charge in [0, 0.05) is 24.4 Å². The number of hydrogen-bond acceptors (Lipinski definition) is 2. The minimum Gasteiger partial charge on any atom is -0.321 e. The number of hydrogen-bond donors (Lipinski definition) is 0. The SMILES string of the molecule is CC(C)N1CC(CCCl)c2nc3ccccc3n2C1=O. The Labute approximate surface area is 123 Å². The minimum atomic E-state index is 0.0227. The number of para-hydroxylation sites is 2. The zero-order valence-electron chi connectivity index (χ0n) is 11.7. The topological polar surface area (TPSA) is 38.1 Å². The third kappa shape index (κ3) is 1.99. The van der Waals surface area contributed by atoms with E-state index in [0.29, 0.717) is 12.4 Å². The third-order valence-corrected chi connectivity index (χ3v) is 4.11. The first-order chi connectivity index (χ1) is 9.63. The van der Waals surface area contributed by atoms with E-state index in [9.17, 15) is 4.79 Å². The lowest BCUT2D eigenvalue weighted by Crippen LogP contribution is -2.47. The Bertz CT molecular complexity index is 650. The van der Waals surface area contributed by atoms with Gasteiger partial charge < -0.3 is 4.90 Å². The van der Waals surface area contributed by atoms with Gasteiger partial charge in [-0.15, -0.1) is 11.6 Å². The summed E-state index contributed by atoms with van der Waals surface area (Å²) in [6.45, 7) is 4.78. The van der Waals surface area contributed by atoms with Crippen molar-refractivity contribution < 1.29 is 4.79 Å². The molecule has 3 rings (SSSR count). The number of fused-ring (bicyclic) bond motifs is 3. The van der Waals surface area contributed by atoms with Gasteiger partial charge in [0.25, 0.3) is 0 Å². The number of rotatable bonds is 3. The first-order valence-corrected chi connectivity index (χ1v) is 7.51. The number of carbonyl (C=O) groups excluding carboxylic acids is 1. The predicted octanol–water partition coefficient (Wildman–Crippen LogP) is 3.44. The normalized spacial score (nSPS) is 18.9. The maximum absolute atomic E-state index is 12.7. The van der Waals surface area contributed by atoms with Crippen molar-refractivity contribution in [1.82, 2.24) is 14.5 Å². The smallest absolute Gasteiger partial charge is 0.321 e. The standard InChI is InChI=1S/C15H18ClN3O/c1-10(2)18-9-11(7-8-16)14-17-12-5-3-4-6-13(12)19(14)15(18)20/h3-6,10-11H,7-9H2,1-2H3. The molecule has 2 aromatic rings. The van der Waals surface area contributed by atoms with Crippen molar-refractivity contribution in [3.05, 3.63) is 30.1 Å². The summed E-state index contributed by atoms with van der Waals surface area (Å²) in [7, 11) is 0. The molecular weight excluding hydrogens is 274 g/mol. The molecule has 1 atom stereocenters. The van der Waals surface area contributed by atoms with E-state index in [4.69, 9.17) is 11.6 Å². The van der Waals surface area contributed by atoms with Crippen molar-refractivity contribution in [3.8, 4) is 0 Å². The molecule has 0 spiro atoms. The maximum atomic E-state index is 12.7. The monoisotopic (exact) mass is 291 g/mol. The van der Waals surface area contributed by atoms with Crippen molar-refractivity contribution in [3.63, 3.8) is 0 Å². The molecule has 1 amide bonds. The van der Waals surface area contributed by atoms with Gasteiger partial charge in [0.05, 0.1) is 11.0 Å². The highest BCUT2D eigenvalue weighted by molar-refractivity contribution is 6.17. The van der Waals surface area contributed by atoms with Crippen LogP contribution in [-0.2, 0) is 0 Å². The molecule has 0 saturated carbocycles. The highest BCUT2D eigenvalue weighted by atomic mass is 35.5. The fourth-order valence-electron chi connectivity index (χ4n) is 2.83. The Balaban J connectivity index is 2.18. The average molecular weight is 292 g/mol. The van der Waals surface area contributed by atoms with Crippen molar-refractivity contribution in [1.29, 1.82) is 0 Å². The molecule has 0 radical (unpaired) electrons. The van der Waals surface area contributed by atoms with Crippen molar-refractivity contribution in [2.45, 2.75) is 32.2 Å². The first-order valence-electron chi connectivity index (χ1n) is 6.97. The largest absolute Gasteiger partial charge is 0.330 e. The summed E-state index contributed by atoms with van der Waals surface area (Å²) in [5.74, 6) is 1.64. The van der Waals surface area contributed by atoms with Crippen LogP contribution in [0.25, 0.3) is 11.0 Å². The van der Waals surface area contributed by atoms with Crippen LogP contribution < -0.4 is 0 Å². The molecule has 0 aliphatic carbocycles. The van der Waals surface area contributed by atoms with Crippen LogP contribution in [-0.4, -0.2) is 38.9 Å². The molecule has 1 aromatic carbocycles. The number of alkyl halides is 1. The van der Waals surface area contributed by atoms with E-state index in [0.717, 1.165) is 23.3 Å². The van der Waals surface area contributed by atoms with E-state index in [1.807, 2.05) is 43.0 Å². The van der Waals surface area contributed by atoms with Crippen LogP contribution in [0.2, 0.25) is 0 Å². The zero-order valence-corrected chi connectivity index (χ0v) is 12.5. The van der Waals surface area contributed by atoms with E-state index in [-0.39, 0.29) is 18.0 Å². The van der Waals surface area contributed by atoms with Gasteiger partial charge in [-0.2, -0.15) is 0 Å². The Morgan fingerprint density at radius 1 is 1.40 bits per heavy atom. The van der Waals surface area contributed by atoms with Gasteiger partial charge in [-0.05, 0) is 32.4 Å². The van der Waals surface area contributed by atoms with Gasteiger partial charge in [0.15, 0.2) is 0 Å². The van der Waals surface area contributed by atoms with Crippen molar-refractivity contribution in [2.75, 3.05) is 12.4 Å². The summed E-state index contributed by atoms with van der Waals surface area (Å²) in [4.78, 5) is 19.3. The van der Waals surface area contributed by atoms with E-state index in [1.54, 1.807) is 4.57 Å². The summed E-state index contributed by atoms with van der Waals surface area (Å²) in [5, 5.41) is 0. The van der Waals surface area contributed by atoms with Crippen LogP contribution in [0.5, 0.6) is 0 Å². The van der Waals surface area contributed by atoms with Gasteiger partial charge in [0.2, 0.25) is 0 Å². The Morgan fingerprint density at radius 3 is 2.85 bits per heavy atom. The zero-order chi connectivity index (χ0) is 14.3. The van der Waals surface area contributed by atoms with Gasteiger partial charge in [0.1, 0.15) is 5.82 Å². The van der Waals surface area contributed by atoms with Crippen LogP contribution in [0.4, 0.5) is 4.79 Å². The number of amides is 1. The highest BCUT2D eigenvalue weighted by Gasteiger charge is 2.34. The first kappa shape index (κ1) is 13.4. The molecule has 1 aromatic heterocycles. The van der Waals surface area contributed by atoms with Gasteiger partial charge >= 0.3 is 6.03 Å². The summed E-state index contributed by atoms with van der Waals surface area (Å²) >= 11 is 5.92. The molecule has 0 N–H and O–H groups in total. The lowest BCUT2D eigenvalue weighted by atomic mass is 10.0. The van der Waals surface area contributed by atoms with Crippen LogP contribution in [0.15, 0.2) is 24.3 Å². The Morgan fingerprint density at radius 2 is 2.15 bits per heavy atom. The molecule has 0 fully saturated rings. The van der Waals surface area contributed by atoms with E-state index in [2.05, 4.69) is 4.98 Å². The van der Waals surface area contributed by atoms with Crippen LogP contribution in [0.1, 0.15) is 32.0 Å². The van der Waals surface area contributed by atoms with Crippen molar-refractivity contribution in [2.24, 2.45) is 0 Å². The van der Waals surface area contributed by atoms with E-state index < -0.39 is 0 Å². The quantitative estimate of drug-likeness (QED) is 0.813. The third-order valence-electron chi connectivity index (χ3n) is 3.89. The molecule has 0 bridgehead atoms. The molecular formula is C15H18ClN3O. The summed E-state index contributed by atoms with van der Waals surface area (Å²) in [6.07, 6.45) is 0.835. The second-order valence-electron chi connectivity index (χ2n) is 5.50. The van der Waals surface area contributed by atoms with Crippen LogP contribution in [0, 0.1) is 0 Å². The number of carbonyl (C=O) groups is 1. The number of imidazole rings is 1. The highest BCUT2D eigenvalue weighted by Crippen LogP contribution is 2.31. The van der Waals surface area contributed by atoms with Crippen LogP contribution >= 0.6 is 11.6 Å². The summed E-state index contributed by atoms with van der Waals surface area (Å²) in [6, 6.07) is 7.98. The fourth-order valence-corrected chi connectivity index (χ4v) is 3.09. The van der Waals surface area contributed by atoms with Crippen molar-refractivity contribution >= 4 is 28.7 Å². The second kappa shape index (κ2) is 5.09. The molecule has 1 aliphatic rings. The van der Waals surface area contributed by atoms with E-state index >= 15 is 0 Å².